The molecule has 0 aliphatic heterocycles. The lowest BCUT2D eigenvalue weighted by Crippen LogP contribution is -2.33. The molecule has 2 atom stereocenters. The third-order valence-corrected chi connectivity index (χ3v) is 3.28. The largest absolute Gasteiger partial charge is 0.380 e. The topological polar surface area (TPSA) is 35.2 Å². The van der Waals surface area contributed by atoms with Crippen molar-refractivity contribution in [3.8, 4) is 0 Å². The summed E-state index contributed by atoms with van der Waals surface area (Å²) in [5, 5.41) is 0. The highest BCUT2D eigenvalue weighted by Gasteiger charge is 2.09. The molecule has 0 spiro atoms. The third kappa shape index (κ3) is 5.85. The molecule has 1 rings (SSSR count). The highest BCUT2D eigenvalue weighted by Crippen LogP contribution is 2.06. The molecule has 0 aromatic heterocycles. The van der Waals surface area contributed by atoms with Crippen LogP contribution in [0.4, 0.5) is 0 Å². The molecule has 0 amide bonds. The molecular weight excluding hydrogens is 210 g/mol. The molecule has 2 nitrogen and oxygen atoms in total. The van der Waals surface area contributed by atoms with Crippen LogP contribution in [0.5, 0.6) is 0 Å². The first-order valence-electron chi connectivity index (χ1n) is 6.61. The Balaban J connectivity index is 2.05. The number of hydrogen-bond acceptors (Lipinski definition) is 2. The van der Waals surface area contributed by atoms with Crippen molar-refractivity contribution in [1.82, 2.24) is 0 Å². The van der Waals surface area contributed by atoms with Crippen LogP contribution >= 0.6 is 0 Å². The number of aryl methyl sites for hydroxylation is 1. The minimum atomic E-state index is 0.178. The third-order valence-electron chi connectivity index (χ3n) is 3.28. The monoisotopic (exact) mass is 235 g/mol. The van der Waals surface area contributed by atoms with E-state index in [9.17, 15) is 0 Å². The molecule has 0 saturated carbocycles. The van der Waals surface area contributed by atoms with Crippen molar-refractivity contribution in [3.63, 3.8) is 0 Å². The minimum absolute atomic E-state index is 0.178. The van der Waals surface area contributed by atoms with E-state index in [1.807, 2.05) is 6.07 Å². The summed E-state index contributed by atoms with van der Waals surface area (Å²) in [6.07, 6.45) is 3.27. The van der Waals surface area contributed by atoms with E-state index < -0.39 is 0 Å². The molecule has 0 heterocycles. The number of ether oxygens (including phenoxy) is 1. The van der Waals surface area contributed by atoms with Crippen LogP contribution in [0.25, 0.3) is 0 Å². The van der Waals surface area contributed by atoms with Crippen molar-refractivity contribution in [1.29, 1.82) is 0 Å². The minimum Gasteiger partial charge on any atom is -0.380 e. The Hall–Kier alpha value is -0.860. The summed E-state index contributed by atoms with van der Waals surface area (Å²) in [4.78, 5) is 0. The van der Waals surface area contributed by atoms with Crippen LogP contribution in [0.3, 0.4) is 0 Å². The van der Waals surface area contributed by atoms with Gasteiger partial charge in [0.25, 0.3) is 0 Å². The van der Waals surface area contributed by atoms with Gasteiger partial charge in [0, 0.05) is 12.6 Å². The van der Waals surface area contributed by atoms with E-state index in [-0.39, 0.29) is 6.04 Å². The molecule has 2 unspecified atom stereocenters. The number of nitrogens with two attached hydrogens (primary N) is 1. The summed E-state index contributed by atoms with van der Waals surface area (Å²) < 4.78 is 5.62. The van der Waals surface area contributed by atoms with Crippen LogP contribution in [0.1, 0.15) is 32.3 Å². The highest BCUT2D eigenvalue weighted by atomic mass is 16.5. The first kappa shape index (κ1) is 14.2. The molecule has 1 aromatic carbocycles. The van der Waals surface area contributed by atoms with Crippen LogP contribution in [0.2, 0.25) is 0 Å². The Morgan fingerprint density at radius 2 is 1.94 bits per heavy atom. The van der Waals surface area contributed by atoms with Crippen LogP contribution in [0.15, 0.2) is 30.3 Å². The lowest BCUT2D eigenvalue weighted by molar-refractivity contribution is 0.105. The quantitative estimate of drug-likeness (QED) is 0.703. The van der Waals surface area contributed by atoms with Crippen molar-refractivity contribution in [2.24, 2.45) is 11.7 Å². The Kier molecular flexibility index (Phi) is 6.90. The van der Waals surface area contributed by atoms with Gasteiger partial charge in [-0.1, -0.05) is 50.6 Å². The Morgan fingerprint density at radius 3 is 2.59 bits per heavy atom. The predicted octanol–water partition coefficient (Wildman–Crippen LogP) is 3.01. The Labute approximate surface area is 105 Å². The SMILES string of the molecule is CCC(C)C(N)COCCCc1ccccc1. The second-order valence-corrected chi connectivity index (χ2v) is 4.71. The van der Waals surface area contributed by atoms with E-state index in [4.69, 9.17) is 10.5 Å². The molecule has 0 saturated heterocycles. The van der Waals surface area contributed by atoms with Crippen molar-refractivity contribution >= 4 is 0 Å². The van der Waals surface area contributed by atoms with Crippen molar-refractivity contribution in [2.75, 3.05) is 13.2 Å². The number of benzene rings is 1. The Morgan fingerprint density at radius 1 is 1.24 bits per heavy atom. The maximum absolute atomic E-state index is 6.00. The first-order chi connectivity index (χ1) is 8.24. The van der Waals surface area contributed by atoms with Gasteiger partial charge in [-0.2, -0.15) is 0 Å². The molecule has 0 bridgehead atoms. The Bertz CT molecular complexity index is 286. The fraction of sp³-hybridized carbons (Fsp3) is 0.600. The molecule has 0 aliphatic carbocycles. The predicted molar refractivity (Wildman–Crippen MR) is 73.0 cm³/mol. The van der Waals surface area contributed by atoms with E-state index in [0.717, 1.165) is 25.9 Å². The molecule has 96 valence electrons. The summed E-state index contributed by atoms with van der Waals surface area (Å²) in [7, 11) is 0. The van der Waals surface area contributed by atoms with Gasteiger partial charge < -0.3 is 10.5 Å². The fourth-order valence-corrected chi connectivity index (χ4v) is 1.71. The van der Waals surface area contributed by atoms with Gasteiger partial charge in [0.1, 0.15) is 0 Å². The van der Waals surface area contributed by atoms with Crippen LogP contribution in [-0.2, 0) is 11.2 Å². The molecule has 0 radical (unpaired) electrons. The number of rotatable bonds is 8. The van der Waals surface area contributed by atoms with Crippen molar-refractivity contribution in [3.05, 3.63) is 35.9 Å². The summed E-state index contributed by atoms with van der Waals surface area (Å²) in [5.41, 5.74) is 7.37. The lowest BCUT2D eigenvalue weighted by atomic mass is 10.0. The standard InChI is InChI=1S/C15H25NO/c1-3-13(2)15(16)12-17-11-7-10-14-8-5-4-6-9-14/h4-6,8-9,13,15H,3,7,10-12,16H2,1-2H3. The van der Waals surface area contributed by atoms with Crippen molar-refractivity contribution in [2.45, 2.75) is 39.2 Å². The van der Waals surface area contributed by atoms with Gasteiger partial charge in [0.05, 0.1) is 6.61 Å². The molecule has 2 heteroatoms. The zero-order valence-electron chi connectivity index (χ0n) is 11.1. The van der Waals surface area contributed by atoms with E-state index in [2.05, 4.69) is 38.1 Å². The maximum atomic E-state index is 6.00. The summed E-state index contributed by atoms with van der Waals surface area (Å²) in [6.45, 7) is 5.83. The molecule has 17 heavy (non-hydrogen) atoms. The summed E-state index contributed by atoms with van der Waals surface area (Å²) in [6, 6.07) is 10.7. The smallest absolute Gasteiger partial charge is 0.0620 e. The van der Waals surface area contributed by atoms with Gasteiger partial charge in [-0.05, 0) is 24.3 Å². The molecule has 2 N–H and O–H groups in total. The van der Waals surface area contributed by atoms with Crippen LogP contribution in [0, 0.1) is 5.92 Å². The van der Waals surface area contributed by atoms with Gasteiger partial charge in [0.2, 0.25) is 0 Å². The molecular formula is C15H25NO. The van der Waals surface area contributed by atoms with Crippen LogP contribution in [-0.4, -0.2) is 19.3 Å². The molecule has 0 aliphatic rings. The number of hydrogen-bond donors (Lipinski definition) is 1. The first-order valence-corrected chi connectivity index (χ1v) is 6.61. The molecule has 0 fully saturated rings. The fourth-order valence-electron chi connectivity index (χ4n) is 1.71. The summed E-state index contributed by atoms with van der Waals surface area (Å²) >= 11 is 0. The van der Waals surface area contributed by atoms with Gasteiger partial charge in [0.15, 0.2) is 0 Å². The van der Waals surface area contributed by atoms with E-state index in [1.165, 1.54) is 5.56 Å². The molecule has 1 aromatic rings. The lowest BCUT2D eigenvalue weighted by Gasteiger charge is -2.18. The average Bonchev–Trinajstić information content (AvgIpc) is 2.38. The maximum Gasteiger partial charge on any atom is 0.0620 e. The van der Waals surface area contributed by atoms with E-state index in [1.54, 1.807) is 0 Å². The van der Waals surface area contributed by atoms with Gasteiger partial charge in [-0.3, -0.25) is 0 Å². The van der Waals surface area contributed by atoms with E-state index in [0.29, 0.717) is 12.5 Å². The highest BCUT2D eigenvalue weighted by molar-refractivity contribution is 5.14. The van der Waals surface area contributed by atoms with Gasteiger partial charge in [-0.15, -0.1) is 0 Å². The summed E-state index contributed by atoms with van der Waals surface area (Å²) in [5.74, 6) is 0.545. The van der Waals surface area contributed by atoms with Crippen molar-refractivity contribution < 1.29 is 4.74 Å². The van der Waals surface area contributed by atoms with Gasteiger partial charge in [-0.25, -0.2) is 0 Å². The van der Waals surface area contributed by atoms with E-state index >= 15 is 0 Å². The zero-order chi connectivity index (χ0) is 12.5. The second-order valence-electron chi connectivity index (χ2n) is 4.71. The second kappa shape index (κ2) is 8.26. The average molecular weight is 235 g/mol. The normalized spacial score (nSPS) is 14.5. The van der Waals surface area contributed by atoms with Crippen LogP contribution < -0.4 is 5.73 Å². The zero-order valence-corrected chi connectivity index (χ0v) is 11.1. The van der Waals surface area contributed by atoms with Gasteiger partial charge >= 0.3 is 0 Å².